The van der Waals surface area contributed by atoms with E-state index in [1.165, 1.54) is 0 Å². The summed E-state index contributed by atoms with van der Waals surface area (Å²) in [4.78, 5) is 7.34. The smallest absolute Gasteiger partial charge is 0.197 e. The lowest BCUT2D eigenvalue weighted by Gasteiger charge is -2.05. The first-order valence-corrected chi connectivity index (χ1v) is 7.59. The molecule has 0 bridgehead atoms. The highest BCUT2D eigenvalue weighted by atomic mass is 32.2. The number of aromatic amines is 1. The third kappa shape index (κ3) is 3.78. The second kappa shape index (κ2) is 6.16. The van der Waals surface area contributed by atoms with Gasteiger partial charge >= 0.3 is 0 Å². The molecule has 3 N–H and O–H groups in total. The van der Waals surface area contributed by atoms with Gasteiger partial charge in [0.1, 0.15) is 0 Å². The van der Waals surface area contributed by atoms with Crippen molar-refractivity contribution in [3.8, 4) is 0 Å². The standard InChI is InChI=1S/C13H19N3O2S/c1-9(2)8-18-5-6-19(17)13-15-11-4-3-10(14)7-12(11)16-13/h3-4,7,9H,5-6,8,14H2,1-2H3,(H,15,16). The van der Waals surface area contributed by atoms with Crippen LogP contribution in [0.4, 0.5) is 5.69 Å². The average molecular weight is 281 g/mol. The monoisotopic (exact) mass is 281 g/mol. The molecule has 1 unspecified atom stereocenters. The largest absolute Gasteiger partial charge is 0.399 e. The summed E-state index contributed by atoms with van der Waals surface area (Å²) in [5, 5.41) is 0.480. The third-order valence-corrected chi connectivity index (χ3v) is 3.73. The van der Waals surface area contributed by atoms with Crippen LogP contribution in [0.15, 0.2) is 23.4 Å². The highest BCUT2D eigenvalue weighted by Crippen LogP contribution is 2.16. The van der Waals surface area contributed by atoms with Gasteiger partial charge in [-0.1, -0.05) is 13.8 Å². The van der Waals surface area contributed by atoms with Crippen molar-refractivity contribution >= 4 is 27.5 Å². The van der Waals surface area contributed by atoms with E-state index in [0.29, 0.717) is 35.7 Å². The summed E-state index contributed by atoms with van der Waals surface area (Å²) in [6.45, 7) is 5.33. The quantitative estimate of drug-likeness (QED) is 0.626. The average Bonchev–Trinajstić information content (AvgIpc) is 2.77. The van der Waals surface area contributed by atoms with Crippen molar-refractivity contribution in [2.24, 2.45) is 5.92 Å². The van der Waals surface area contributed by atoms with Gasteiger partial charge in [0.05, 0.1) is 34.2 Å². The highest BCUT2D eigenvalue weighted by molar-refractivity contribution is 7.84. The number of aromatic nitrogens is 2. The Bertz CT molecular complexity index is 580. The topological polar surface area (TPSA) is 81.0 Å². The van der Waals surface area contributed by atoms with Gasteiger partial charge in [-0.3, -0.25) is 4.21 Å². The van der Waals surface area contributed by atoms with Gasteiger partial charge in [0, 0.05) is 12.3 Å². The lowest BCUT2D eigenvalue weighted by Crippen LogP contribution is -2.10. The van der Waals surface area contributed by atoms with Crippen LogP contribution >= 0.6 is 0 Å². The van der Waals surface area contributed by atoms with E-state index in [0.717, 1.165) is 11.0 Å². The molecule has 0 spiro atoms. The molecule has 1 heterocycles. The van der Waals surface area contributed by atoms with Crippen LogP contribution in [-0.2, 0) is 15.5 Å². The van der Waals surface area contributed by atoms with Crippen molar-refractivity contribution in [3.05, 3.63) is 18.2 Å². The lowest BCUT2D eigenvalue weighted by atomic mass is 10.2. The number of nitrogens with two attached hydrogens (primary N) is 1. The number of benzene rings is 1. The van der Waals surface area contributed by atoms with Crippen LogP contribution in [0.1, 0.15) is 13.8 Å². The minimum absolute atomic E-state index is 0.446. The molecule has 0 saturated heterocycles. The number of H-pyrrole nitrogens is 1. The number of nitrogen functional groups attached to an aromatic ring is 1. The number of nitrogens with zero attached hydrogens (tertiary/aromatic N) is 1. The van der Waals surface area contributed by atoms with Crippen LogP contribution in [-0.4, -0.2) is 33.1 Å². The molecule has 0 radical (unpaired) electrons. The molecule has 1 aromatic heterocycles. The second-order valence-electron chi connectivity index (χ2n) is 4.84. The predicted molar refractivity (Wildman–Crippen MR) is 77.4 cm³/mol. The molecule has 0 amide bonds. The Morgan fingerprint density at radius 1 is 1.47 bits per heavy atom. The van der Waals surface area contributed by atoms with Gasteiger partial charge in [0.2, 0.25) is 0 Å². The molecule has 0 fully saturated rings. The summed E-state index contributed by atoms with van der Waals surface area (Å²) >= 11 is 0. The first-order valence-electron chi connectivity index (χ1n) is 6.27. The minimum atomic E-state index is -1.17. The van der Waals surface area contributed by atoms with Crippen LogP contribution in [0.5, 0.6) is 0 Å². The normalized spacial score (nSPS) is 13.2. The van der Waals surface area contributed by atoms with Gasteiger partial charge in [-0.2, -0.15) is 0 Å². The van der Waals surface area contributed by atoms with E-state index in [1.54, 1.807) is 12.1 Å². The first kappa shape index (κ1) is 14.0. The number of imidazole rings is 1. The van der Waals surface area contributed by atoms with Gasteiger partial charge in [0.25, 0.3) is 0 Å². The van der Waals surface area contributed by atoms with E-state index in [2.05, 4.69) is 23.8 Å². The predicted octanol–water partition coefficient (Wildman–Crippen LogP) is 1.93. The molecule has 1 aromatic carbocycles. The Morgan fingerprint density at radius 3 is 3.00 bits per heavy atom. The fourth-order valence-corrected chi connectivity index (χ4v) is 2.55. The van der Waals surface area contributed by atoms with E-state index in [9.17, 15) is 4.21 Å². The summed E-state index contributed by atoms with van der Waals surface area (Å²) in [5.41, 5.74) is 7.94. The molecule has 2 rings (SSSR count). The Labute approximate surface area is 115 Å². The zero-order chi connectivity index (χ0) is 13.8. The molecule has 19 heavy (non-hydrogen) atoms. The number of fused-ring (bicyclic) bond motifs is 1. The van der Waals surface area contributed by atoms with Crippen LogP contribution in [0, 0.1) is 5.92 Å². The number of anilines is 1. The molecule has 2 aromatic rings. The van der Waals surface area contributed by atoms with Crippen molar-refractivity contribution < 1.29 is 8.95 Å². The van der Waals surface area contributed by atoms with Crippen molar-refractivity contribution in [2.45, 2.75) is 19.0 Å². The molecule has 6 heteroatoms. The Hall–Kier alpha value is -1.40. The van der Waals surface area contributed by atoms with Crippen molar-refractivity contribution in [2.75, 3.05) is 24.7 Å². The van der Waals surface area contributed by atoms with E-state index in [-0.39, 0.29) is 0 Å². The summed E-state index contributed by atoms with van der Waals surface area (Å²) in [5.74, 6) is 0.935. The molecule has 0 aliphatic heterocycles. The molecule has 104 valence electrons. The summed E-state index contributed by atoms with van der Waals surface area (Å²) in [6.07, 6.45) is 0. The molecular weight excluding hydrogens is 262 g/mol. The van der Waals surface area contributed by atoms with Gasteiger partial charge < -0.3 is 15.5 Å². The summed E-state index contributed by atoms with van der Waals surface area (Å²) in [7, 11) is -1.17. The number of hydrogen-bond donors (Lipinski definition) is 2. The van der Waals surface area contributed by atoms with Crippen LogP contribution in [0.2, 0.25) is 0 Å². The molecule has 0 saturated carbocycles. The Kier molecular flexibility index (Phi) is 4.55. The Morgan fingerprint density at radius 2 is 2.26 bits per heavy atom. The summed E-state index contributed by atoms with van der Waals surface area (Å²) in [6, 6.07) is 5.39. The van der Waals surface area contributed by atoms with Crippen LogP contribution < -0.4 is 5.73 Å². The Balaban J connectivity index is 1.97. The van der Waals surface area contributed by atoms with Gasteiger partial charge in [0.15, 0.2) is 5.16 Å². The van der Waals surface area contributed by atoms with Crippen molar-refractivity contribution in [1.29, 1.82) is 0 Å². The van der Waals surface area contributed by atoms with Gasteiger partial charge in [-0.25, -0.2) is 4.98 Å². The molecule has 5 nitrogen and oxygen atoms in total. The minimum Gasteiger partial charge on any atom is -0.399 e. The lowest BCUT2D eigenvalue weighted by molar-refractivity contribution is 0.123. The molecule has 1 atom stereocenters. The van der Waals surface area contributed by atoms with Gasteiger partial charge in [-0.05, 0) is 24.1 Å². The SMILES string of the molecule is CC(C)COCCS(=O)c1nc2ccc(N)cc2[nH]1. The maximum atomic E-state index is 12.1. The maximum Gasteiger partial charge on any atom is 0.197 e. The number of nitrogens with one attached hydrogen (secondary N) is 1. The summed E-state index contributed by atoms with van der Waals surface area (Å²) < 4.78 is 17.5. The third-order valence-electron chi connectivity index (χ3n) is 2.56. The molecule has 0 aliphatic rings. The zero-order valence-corrected chi connectivity index (χ0v) is 12.0. The number of hydrogen-bond acceptors (Lipinski definition) is 4. The van der Waals surface area contributed by atoms with E-state index < -0.39 is 10.8 Å². The molecule has 0 aliphatic carbocycles. The number of ether oxygens (including phenoxy) is 1. The van der Waals surface area contributed by atoms with Crippen LogP contribution in [0.3, 0.4) is 0 Å². The van der Waals surface area contributed by atoms with Gasteiger partial charge in [-0.15, -0.1) is 0 Å². The maximum absolute atomic E-state index is 12.1. The van der Waals surface area contributed by atoms with Crippen LogP contribution in [0.25, 0.3) is 11.0 Å². The number of rotatable bonds is 6. The van der Waals surface area contributed by atoms with Crippen molar-refractivity contribution in [3.63, 3.8) is 0 Å². The first-order chi connectivity index (χ1) is 9.06. The highest BCUT2D eigenvalue weighted by Gasteiger charge is 2.10. The van der Waals surface area contributed by atoms with E-state index in [4.69, 9.17) is 10.5 Å². The second-order valence-corrected chi connectivity index (χ2v) is 6.32. The fourth-order valence-electron chi connectivity index (χ4n) is 1.66. The zero-order valence-electron chi connectivity index (χ0n) is 11.2. The van der Waals surface area contributed by atoms with E-state index >= 15 is 0 Å². The van der Waals surface area contributed by atoms with E-state index in [1.807, 2.05) is 6.07 Å². The molecular formula is C13H19N3O2S. The van der Waals surface area contributed by atoms with Crippen molar-refractivity contribution in [1.82, 2.24) is 9.97 Å². The fraction of sp³-hybridized carbons (Fsp3) is 0.462.